The van der Waals surface area contributed by atoms with Crippen LogP contribution in [0.15, 0.2) is 47.0 Å². The summed E-state index contributed by atoms with van der Waals surface area (Å²) in [6, 6.07) is 13.0. The topological polar surface area (TPSA) is 81.4 Å². The van der Waals surface area contributed by atoms with Crippen molar-refractivity contribution in [3.63, 3.8) is 0 Å². The molecule has 0 radical (unpaired) electrons. The lowest BCUT2D eigenvalue weighted by Gasteiger charge is -2.23. The molecule has 1 amide bonds. The molecule has 0 saturated carbocycles. The van der Waals surface area contributed by atoms with Gasteiger partial charge in [-0.15, -0.1) is 10.2 Å². The van der Waals surface area contributed by atoms with Crippen LogP contribution in [0, 0.1) is 6.92 Å². The normalized spacial score (nSPS) is 16.4. The Labute approximate surface area is 163 Å². The standard InChI is InChI=1S/C21H22N4O3/c1-3-27-20-11-10-17(22-23-20)15-6-8-16(9-7-15)21(26)25-12-4-5-19(25)18-13-14(2)28-24-18/h6-11,13,19H,3-5,12H2,1-2H3/t19-/m1/s1. The predicted octanol–water partition coefficient (Wildman–Crippen LogP) is 3.82. The highest BCUT2D eigenvalue weighted by atomic mass is 16.5. The first-order valence-electron chi connectivity index (χ1n) is 9.47. The van der Waals surface area contributed by atoms with E-state index in [0.29, 0.717) is 18.1 Å². The SMILES string of the molecule is CCOc1ccc(-c2ccc(C(=O)N3CCC[C@@H]3c3cc(C)on3)cc2)nn1. The van der Waals surface area contributed by atoms with Gasteiger partial charge >= 0.3 is 0 Å². The molecule has 1 saturated heterocycles. The number of rotatable bonds is 5. The molecule has 0 bridgehead atoms. The van der Waals surface area contributed by atoms with E-state index in [4.69, 9.17) is 9.26 Å². The molecular formula is C21H22N4O3. The van der Waals surface area contributed by atoms with Crippen molar-refractivity contribution in [1.29, 1.82) is 0 Å². The second-order valence-corrected chi connectivity index (χ2v) is 6.79. The van der Waals surface area contributed by atoms with Crippen molar-refractivity contribution in [1.82, 2.24) is 20.3 Å². The maximum absolute atomic E-state index is 13.0. The van der Waals surface area contributed by atoms with Crippen molar-refractivity contribution in [2.24, 2.45) is 0 Å². The van der Waals surface area contributed by atoms with Gasteiger partial charge in [0.15, 0.2) is 0 Å². The Kier molecular flexibility index (Phi) is 5.06. The number of benzene rings is 1. The zero-order chi connectivity index (χ0) is 19.5. The van der Waals surface area contributed by atoms with Gasteiger partial charge in [0.2, 0.25) is 5.88 Å². The van der Waals surface area contributed by atoms with Gasteiger partial charge in [-0.05, 0) is 44.9 Å². The smallest absolute Gasteiger partial charge is 0.254 e. The summed E-state index contributed by atoms with van der Waals surface area (Å²) in [7, 11) is 0. The Hall–Kier alpha value is -3.22. The highest BCUT2D eigenvalue weighted by Crippen LogP contribution is 2.33. The Balaban J connectivity index is 1.50. The van der Waals surface area contributed by atoms with Crippen molar-refractivity contribution in [2.45, 2.75) is 32.7 Å². The van der Waals surface area contributed by atoms with Gasteiger partial charge in [-0.25, -0.2) is 0 Å². The number of carbonyl (C=O) groups excluding carboxylic acids is 1. The van der Waals surface area contributed by atoms with E-state index in [1.54, 1.807) is 6.07 Å². The summed E-state index contributed by atoms with van der Waals surface area (Å²) < 4.78 is 10.5. The van der Waals surface area contributed by atoms with Crippen LogP contribution in [-0.2, 0) is 0 Å². The number of nitrogens with zero attached hydrogens (tertiary/aromatic N) is 4. The lowest BCUT2D eigenvalue weighted by atomic mass is 10.1. The second kappa shape index (κ2) is 7.80. The lowest BCUT2D eigenvalue weighted by Crippen LogP contribution is -2.30. The zero-order valence-electron chi connectivity index (χ0n) is 16.0. The molecule has 0 aliphatic carbocycles. The summed E-state index contributed by atoms with van der Waals surface area (Å²) in [4.78, 5) is 14.9. The lowest BCUT2D eigenvalue weighted by molar-refractivity contribution is 0.0731. The van der Waals surface area contributed by atoms with E-state index in [1.165, 1.54) is 0 Å². The number of aryl methyl sites for hydroxylation is 1. The average Bonchev–Trinajstić information content (AvgIpc) is 3.37. The molecule has 0 spiro atoms. The third-order valence-corrected chi connectivity index (χ3v) is 4.86. The van der Waals surface area contributed by atoms with E-state index < -0.39 is 0 Å². The van der Waals surface area contributed by atoms with Crippen LogP contribution < -0.4 is 4.74 Å². The molecule has 1 fully saturated rings. The maximum Gasteiger partial charge on any atom is 0.254 e. The van der Waals surface area contributed by atoms with E-state index in [9.17, 15) is 4.79 Å². The van der Waals surface area contributed by atoms with Crippen LogP contribution >= 0.6 is 0 Å². The largest absolute Gasteiger partial charge is 0.477 e. The number of ether oxygens (including phenoxy) is 1. The van der Waals surface area contributed by atoms with Gasteiger partial charge < -0.3 is 14.2 Å². The molecule has 1 aromatic carbocycles. The van der Waals surface area contributed by atoms with Crippen LogP contribution in [0.2, 0.25) is 0 Å². The van der Waals surface area contributed by atoms with Crippen molar-refractivity contribution in [2.75, 3.05) is 13.2 Å². The molecule has 1 aliphatic rings. The minimum Gasteiger partial charge on any atom is -0.477 e. The number of aromatic nitrogens is 3. The number of amides is 1. The van der Waals surface area contributed by atoms with Gasteiger partial charge in [-0.2, -0.15) is 0 Å². The fourth-order valence-corrected chi connectivity index (χ4v) is 3.51. The van der Waals surface area contributed by atoms with Gasteiger partial charge in [0.05, 0.1) is 18.3 Å². The highest BCUT2D eigenvalue weighted by molar-refractivity contribution is 5.95. The molecule has 1 atom stereocenters. The first-order chi connectivity index (χ1) is 13.7. The Morgan fingerprint density at radius 3 is 2.68 bits per heavy atom. The monoisotopic (exact) mass is 378 g/mol. The van der Waals surface area contributed by atoms with E-state index in [-0.39, 0.29) is 11.9 Å². The molecule has 4 rings (SSSR count). The predicted molar refractivity (Wildman–Crippen MR) is 103 cm³/mol. The highest BCUT2D eigenvalue weighted by Gasteiger charge is 2.32. The van der Waals surface area contributed by atoms with Gasteiger partial charge in [-0.3, -0.25) is 4.79 Å². The number of hydrogen-bond donors (Lipinski definition) is 0. The van der Waals surface area contributed by atoms with Gasteiger partial charge in [0.25, 0.3) is 5.91 Å². The molecular weight excluding hydrogens is 356 g/mol. The Morgan fingerprint density at radius 1 is 1.21 bits per heavy atom. The summed E-state index contributed by atoms with van der Waals surface area (Å²) in [5, 5.41) is 12.3. The van der Waals surface area contributed by atoms with E-state index >= 15 is 0 Å². The molecule has 2 aromatic heterocycles. The van der Waals surface area contributed by atoms with Crippen molar-refractivity contribution >= 4 is 5.91 Å². The molecule has 7 heteroatoms. The molecule has 7 nitrogen and oxygen atoms in total. The number of carbonyl (C=O) groups is 1. The Morgan fingerprint density at radius 2 is 2.04 bits per heavy atom. The van der Waals surface area contributed by atoms with Crippen molar-refractivity contribution < 1.29 is 14.1 Å². The summed E-state index contributed by atoms with van der Waals surface area (Å²) in [5.41, 5.74) is 3.11. The minimum atomic E-state index is -0.0263. The quantitative estimate of drug-likeness (QED) is 0.671. The summed E-state index contributed by atoms with van der Waals surface area (Å²) >= 11 is 0. The summed E-state index contributed by atoms with van der Waals surface area (Å²) in [6.45, 7) is 5.04. The van der Waals surface area contributed by atoms with Crippen LogP contribution in [0.1, 0.15) is 47.6 Å². The van der Waals surface area contributed by atoms with Crippen LogP contribution in [0.25, 0.3) is 11.3 Å². The molecule has 1 aliphatic heterocycles. The molecule has 0 unspecified atom stereocenters. The number of hydrogen-bond acceptors (Lipinski definition) is 6. The van der Waals surface area contributed by atoms with Crippen LogP contribution in [-0.4, -0.2) is 39.3 Å². The third-order valence-electron chi connectivity index (χ3n) is 4.86. The van der Waals surface area contributed by atoms with Gasteiger partial charge in [0.1, 0.15) is 11.5 Å². The summed E-state index contributed by atoms with van der Waals surface area (Å²) in [6.07, 6.45) is 1.86. The second-order valence-electron chi connectivity index (χ2n) is 6.79. The van der Waals surface area contributed by atoms with E-state index in [1.807, 2.05) is 55.1 Å². The van der Waals surface area contributed by atoms with Crippen molar-refractivity contribution in [3.8, 4) is 17.1 Å². The fraction of sp³-hybridized carbons (Fsp3) is 0.333. The van der Waals surface area contributed by atoms with Crippen molar-refractivity contribution in [3.05, 3.63) is 59.5 Å². The van der Waals surface area contributed by atoms with E-state index in [2.05, 4.69) is 15.4 Å². The molecule has 0 N–H and O–H groups in total. The van der Waals surface area contributed by atoms with Gasteiger partial charge in [0, 0.05) is 29.8 Å². The molecule has 28 heavy (non-hydrogen) atoms. The van der Waals surface area contributed by atoms with Crippen LogP contribution in [0.4, 0.5) is 0 Å². The van der Waals surface area contributed by atoms with Crippen LogP contribution in [0.3, 0.4) is 0 Å². The Bertz CT molecular complexity index is 951. The summed E-state index contributed by atoms with van der Waals surface area (Å²) in [5.74, 6) is 1.27. The van der Waals surface area contributed by atoms with Crippen LogP contribution in [0.5, 0.6) is 5.88 Å². The minimum absolute atomic E-state index is 0.00693. The van der Waals surface area contributed by atoms with Gasteiger partial charge in [-0.1, -0.05) is 17.3 Å². The zero-order valence-corrected chi connectivity index (χ0v) is 16.0. The third kappa shape index (κ3) is 3.60. The molecule has 3 heterocycles. The molecule has 3 aromatic rings. The first-order valence-corrected chi connectivity index (χ1v) is 9.47. The fourth-order valence-electron chi connectivity index (χ4n) is 3.51. The molecule has 144 valence electrons. The van der Waals surface area contributed by atoms with E-state index in [0.717, 1.165) is 42.1 Å². The maximum atomic E-state index is 13.0. The first kappa shape index (κ1) is 18.2. The number of likely N-dealkylation sites (tertiary alicyclic amines) is 1. The average molecular weight is 378 g/mol.